The van der Waals surface area contributed by atoms with Gasteiger partial charge in [0.25, 0.3) is 0 Å². The van der Waals surface area contributed by atoms with Crippen molar-refractivity contribution in [2.45, 2.75) is 115 Å². The second-order valence-electron chi connectivity index (χ2n) is 16.5. The van der Waals surface area contributed by atoms with Gasteiger partial charge in [-0.1, -0.05) is 62.4 Å². The molecular weight excluding hydrogens is 768 g/mol. The molecule has 2 aromatic rings. The molecule has 2 bridgehead atoms. The van der Waals surface area contributed by atoms with Crippen LogP contribution in [0.5, 0.6) is 0 Å². The number of fused-ring (bicyclic) bond motifs is 5. The van der Waals surface area contributed by atoms with Crippen LogP contribution in [-0.4, -0.2) is 112 Å². The summed E-state index contributed by atoms with van der Waals surface area (Å²) in [5.74, 6) is -6.23. The minimum absolute atomic E-state index is 0.0000444. The third-order valence-electron chi connectivity index (χ3n) is 12.8. The molecule has 11 atom stereocenters. The summed E-state index contributed by atoms with van der Waals surface area (Å²) in [4.78, 5) is 82.3. The number of ketones is 1. The molecule has 4 aliphatic rings. The Labute approximate surface area is 341 Å². The maximum Gasteiger partial charge on any atom is 0.338 e. The molecule has 16 nitrogen and oxygen atoms in total. The van der Waals surface area contributed by atoms with Gasteiger partial charge in [0.2, 0.25) is 0 Å². The zero-order chi connectivity index (χ0) is 43.2. The van der Waals surface area contributed by atoms with E-state index >= 15 is 4.79 Å². The molecule has 0 aromatic heterocycles. The van der Waals surface area contributed by atoms with Crippen molar-refractivity contribution in [3.8, 4) is 0 Å². The predicted octanol–water partition coefficient (Wildman–Crippen LogP) is 2.62. The first-order valence-electron chi connectivity index (χ1n) is 19.6. The van der Waals surface area contributed by atoms with E-state index in [2.05, 4.69) is 10.6 Å². The predicted molar refractivity (Wildman–Crippen MR) is 206 cm³/mol. The first kappa shape index (κ1) is 43.4. The number of urea groups is 1. The minimum atomic E-state index is -2.38. The van der Waals surface area contributed by atoms with Crippen molar-refractivity contribution >= 4 is 35.7 Å². The second kappa shape index (κ2) is 16.1. The Morgan fingerprint density at radius 1 is 0.932 bits per heavy atom. The third kappa shape index (κ3) is 7.29. The van der Waals surface area contributed by atoms with Gasteiger partial charge in [0, 0.05) is 38.6 Å². The van der Waals surface area contributed by atoms with E-state index in [9.17, 15) is 39.3 Å². The van der Waals surface area contributed by atoms with Crippen LogP contribution in [0.15, 0.2) is 71.8 Å². The highest BCUT2D eigenvalue weighted by atomic mass is 16.6. The number of nitrogens with one attached hydrogen (secondary N) is 2. The largest absolute Gasteiger partial charge is 0.456 e. The van der Waals surface area contributed by atoms with Gasteiger partial charge in [0.15, 0.2) is 23.6 Å². The number of benzene rings is 2. The molecule has 0 spiro atoms. The summed E-state index contributed by atoms with van der Waals surface area (Å²) < 4.78 is 30.1. The Hall–Kier alpha value is -5.16. The number of Topliss-reactive ketones (excluding diaryl/α,β-unsaturated/α-hetero) is 1. The molecule has 2 saturated carbocycles. The lowest BCUT2D eigenvalue weighted by atomic mass is 9.44. The van der Waals surface area contributed by atoms with Gasteiger partial charge in [-0.25, -0.2) is 14.4 Å². The Bertz CT molecular complexity index is 2020. The van der Waals surface area contributed by atoms with Crippen molar-refractivity contribution in [2.75, 3.05) is 13.2 Å². The highest BCUT2D eigenvalue weighted by Crippen LogP contribution is 2.64. The lowest BCUT2D eigenvalue weighted by Gasteiger charge is -2.67. The fourth-order valence-corrected chi connectivity index (χ4v) is 9.72. The number of aliphatic hydroxyl groups is 3. The molecule has 2 aromatic carbocycles. The van der Waals surface area contributed by atoms with Gasteiger partial charge in [-0.3, -0.25) is 14.4 Å². The van der Waals surface area contributed by atoms with Gasteiger partial charge in [-0.15, -0.1) is 0 Å². The lowest BCUT2D eigenvalue weighted by molar-refractivity contribution is -0.346. The molecule has 59 heavy (non-hydrogen) atoms. The van der Waals surface area contributed by atoms with E-state index in [1.165, 1.54) is 26.0 Å². The summed E-state index contributed by atoms with van der Waals surface area (Å²) in [7, 11) is 0. The highest BCUT2D eigenvalue weighted by molar-refractivity contribution is 5.95. The number of hydrogen-bond acceptors (Lipinski definition) is 14. The fraction of sp³-hybridized carbons (Fsp3) is 0.535. The number of esters is 4. The van der Waals surface area contributed by atoms with Gasteiger partial charge in [0.1, 0.15) is 23.9 Å². The number of aliphatic hydroxyl groups excluding tert-OH is 2. The van der Waals surface area contributed by atoms with Gasteiger partial charge in [-0.05, 0) is 49.6 Å². The summed E-state index contributed by atoms with van der Waals surface area (Å²) in [5.41, 5.74) is -7.23. The highest BCUT2D eigenvalue weighted by Gasteiger charge is 2.78. The number of carbonyl (C=O) groups is 6. The molecule has 1 heterocycles. The van der Waals surface area contributed by atoms with Crippen molar-refractivity contribution in [3.05, 3.63) is 82.9 Å². The number of rotatable bonds is 10. The molecular formula is C43H52N2O14. The standard InChI is InChI=1S/C43H52N2O14/c1-8-44-39(53)45-31(25-15-11-9-12-16-25)32(49)38(52)57-27-20-43(54)36(58-37(51)26-17-13-10-14-18-26)34-41(7,28(48)19-29-42(34,21-55-29)59-24(4)47)35(50)33(56-23(3)46)30(22(27)2)40(43,5)6/h9-18,27-29,31-34,36,48-49,54H,8,19-21H2,1-7H3,(H2,44,45,53)/t27-,28-,29+,31-,32+,33+,34-,36-,41+,42-,43+/m0/s1. The van der Waals surface area contributed by atoms with Gasteiger partial charge < -0.3 is 49.6 Å². The van der Waals surface area contributed by atoms with Crippen LogP contribution in [0.1, 0.15) is 83.3 Å². The van der Waals surface area contributed by atoms with Gasteiger partial charge >= 0.3 is 29.9 Å². The zero-order valence-corrected chi connectivity index (χ0v) is 34.1. The maximum atomic E-state index is 15.4. The van der Waals surface area contributed by atoms with E-state index in [0.717, 1.165) is 13.8 Å². The Balaban J connectivity index is 1.55. The number of ether oxygens (including phenoxy) is 5. The number of hydrogen-bond donors (Lipinski definition) is 5. The molecule has 318 valence electrons. The summed E-state index contributed by atoms with van der Waals surface area (Å²) >= 11 is 0. The first-order valence-corrected chi connectivity index (χ1v) is 19.6. The van der Waals surface area contributed by atoms with Crippen LogP contribution in [0.3, 0.4) is 0 Å². The van der Waals surface area contributed by atoms with Crippen LogP contribution in [0, 0.1) is 16.7 Å². The van der Waals surface area contributed by atoms with Crippen molar-refractivity contribution < 1.29 is 67.8 Å². The van der Waals surface area contributed by atoms with E-state index < -0.39 is 113 Å². The molecule has 1 aliphatic heterocycles. The van der Waals surface area contributed by atoms with Crippen LogP contribution in [0.25, 0.3) is 0 Å². The molecule has 16 heteroatoms. The topological polar surface area (TPSA) is 233 Å². The average molecular weight is 821 g/mol. The van der Waals surface area contributed by atoms with Crippen LogP contribution in [0.2, 0.25) is 0 Å². The summed E-state index contributed by atoms with van der Waals surface area (Å²) in [6.07, 6.45) is -10.4. The Morgan fingerprint density at radius 3 is 2.12 bits per heavy atom. The smallest absolute Gasteiger partial charge is 0.338 e. The summed E-state index contributed by atoms with van der Waals surface area (Å²) in [5, 5.41) is 42.3. The second-order valence-corrected chi connectivity index (χ2v) is 16.5. The quantitative estimate of drug-likeness (QED) is 0.132. The van der Waals surface area contributed by atoms with Gasteiger partial charge in [0.05, 0.1) is 35.6 Å². The van der Waals surface area contributed by atoms with Crippen molar-refractivity contribution in [2.24, 2.45) is 16.7 Å². The van der Waals surface area contributed by atoms with Crippen molar-refractivity contribution in [3.63, 3.8) is 0 Å². The summed E-state index contributed by atoms with van der Waals surface area (Å²) in [6, 6.07) is 14.1. The zero-order valence-electron chi connectivity index (χ0n) is 34.1. The molecule has 3 fully saturated rings. The van der Waals surface area contributed by atoms with Crippen LogP contribution < -0.4 is 10.6 Å². The number of carbonyl (C=O) groups excluding carboxylic acids is 6. The molecule has 2 amide bonds. The van der Waals surface area contributed by atoms with E-state index in [1.807, 2.05) is 0 Å². The van der Waals surface area contributed by atoms with E-state index in [0.29, 0.717) is 5.56 Å². The monoisotopic (exact) mass is 820 g/mol. The third-order valence-corrected chi connectivity index (χ3v) is 12.8. The molecule has 3 aliphatic carbocycles. The normalized spacial score (nSPS) is 32.9. The van der Waals surface area contributed by atoms with E-state index in [1.54, 1.807) is 69.3 Å². The summed E-state index contributed by atoms with van der Waals surface area (Å²) in [6.45, 7) is 9.90. The SMILES string of the molecule is CCNC(=O)N[C@@H](c1ccccc1)[C@@H](O)C(=O)O[C@H]1C[C@@]2(O)[C@@H](OC(=O)c3ccccc3)[C@@H]3[C@]4(OC(C)=O)CO[C@@H]4C[C@H](O)[C@@]3(C)C(=O)[C@H](OC(C)=O)C(=C1C)C2(C)C. The van der Waals surface area contributed by atoms with Crippen LogP contribution >= 0.6 is 0 Å². The fourth-order valence-electron chi connectivity index (χ4n) is 9.72. The van der Waals surface area contributed by atoms with E-state index in [4.69, 9.17) is 23.7 Å². The molecule has 5 N–H and O–H groups in total. The maximum absolute atomic E-state index is 15.4. The van der Waals surface area contributed by atoms with Crippen molar-refractivity contribution in [1.29, 1.82) is 0 Å². The Kier molecular flexibility index (Phi) is 11.9. The van der Waals surface area contributed by atoms with Gasteiger partial charge in [-0.2, -0.15) is 0 Å². The molecule has 1 saturated heterocycles. The van der Waals surface area contributed by atoms with Crippen LogP contribution in [-0.2, 0) is 42.9 Å². The minimum Gasteiger partial charge on any atom is -0.456 e. The van der Waals surface area contributed by atoms with Crippen molar-refractivity contribution in [1.82, 2.24) is 10.6 Å². The lowest BCUT2D eigenvalue weighted by Crippen LogP contribution is -2.82. The first-order chi connectivity index (χ1) is 27.7. The van der Waals surface area contributed by atoms with Crippen LogP contribution in [0.4, 0.5) is 4.79 Å². The van der Waals surface area contributed by atoms with E-state index in [-0.39, 0.29) is 36.3 Å². The Morgan fingerprint density at radius 2 is 1.56 bits per heavy atom. The molecule has 0 unspecified atom stereocenters. The molecule has 6 rings (SSSR count). The average Bonchev–Trinajstić information content (AvgIpc) is 3.18. The number of amides is 2. The molecule has 0 radical (unpaired) electrons.